The Morgan fingerprint density at radius 2 is 1.80 bits per heavy atom. The van der Waals surface area contributed by atoms with Gasteiger partial charge < -0.3 is 10.3 Å². The highest BCUT2D eigenvalue weighted by Gasteiger charge is 2.06. The number of fused-ring (bicyclic) bond motifs is 1. The van der Waals surface area contributed by atoms with Crippen molar-refractivity contribution in [3.63, 3.8) is 0 Å². The molecule has 0 saturated heterocycles. The van der Waals surface area contributed by atoms with Crippen molar-refractivity contribution in [3.8, 4) is 0 Å². The maximum absolute atomic E-state index is 13.6. The van der Waals surface area contributed by atoms with Gasteiger partial charge in [0.15, 0.2) is 0 Å². The summed E-state index contributed by atoms with van der Waals surface area (Å²) in [6, 6.07) is 10.1. The largest absolute Gasteiger partial charge is 0.378 e. The molecule has 2 aromatic carbocycles. The van der Waals surface area contributed by atoms with Crippen molar-refractivity contribution in [1.82, 2.24) is 4.98 Å². The molecular formula is C15H11Cl2FN2. The van der Waals surface area contributed by atoms with Crippen LogP contribution in [0, 0.1) is 5.82 Å². The van der Waals surface area contributed by atoms with E-state index in [1.807, 2.05) is 24.4 Å². The zero-order valence-corrected chi connectivity index (χ0v) is 11.9. The van der Waals surface area contributed by atoms with E-state index in [4.69, 9.17) is 23.2 Å². The van der Waals surface area contributed by atoms with E-state index in [1.165, 1.54) is 12.1 Å². The number of halogens is 3. The minimum Gasteiger partial charge on any atom is -0.378 e. The Labute approximate surface area is 125 Å². The van der Waals surface area contributed by atoms with Gasteiger partial charge in [-0.3, -0.25) is 0 Å². The van der Waals surface area contributed by atoms with E-state index in [0.717, 1.165) is 16.5 Å². The highest BCUT2D eigenvalue weighted by atomic mass is 35.5. The molecule has 3 aromatic rings. The fraction of sp³-hybridized carbons (Fsp3) is 0.0667. The summed E-state index contributed by atoms with van der Waals surface area (Å²) in [5.41, 5.74) is 2.39. The second-order valence-corrected chi connectivity index (χ2v) is 5.35. The van der Waals surface area contributed by atoms with Crippen LogP contribution < -0.4 is 5.32 Å². The lowest BCUT2D eigenvalue weighted by Crippen LogP contribution is -2.00. The third-order valence-electron chi connectivity index (χ3n) is 3.13. The Bertz CT molecular complexity index is 768. The first kappa shape index (κ1) is 13.3. The van der Waals surface area contributed by atoms with Crippen LogP contribution in [0.15, 0.2) is 42.6 Å². The molecule has 1 heterocycles. The topological polar surface area (TPSA) is 27.8 Å². The number of nitrogens with one attached hydrogen (secondary N) is 2. The molecular weight excluding hydrogens is 298 g/mol. The van der Waals surface area contributed by atoms with Crippen LogP contribution in [0.25, 0.3) is 10.9 Å². The quantitative estimate of drug-likeness (QED) is 0.681. The van der Waals surface area contributed by atoms with Crippen molar-refractivity contribution >= 4 is 39.8 Å². The highest BCUT2D eigenvalue weighted by Crippen LogP contribution is 2.24. The van der Waals surface area contributed by atoms with Crippen LogP contribution in [-0.2, 0) is 6.54 Å². The van der Waals surface area contributed by atoms with E-state index in [2.05, 4.69) is 10.3 Å². The van der Waals surface area contributed by atoms with Gasteiger partial charge in [0.2, 0.25) is 0 Å². The highest BCUT2D eigenvalue weighted by molar-refractivity contribution is 6.31. The third-order valence-corrected chi connectivity index (χ3v) is 3.60. The predicted octanol–water partition coefficient (Wildman–Crippen LogP) is 5.23. The molecule has 0 unspecified atom stereocenters. The molecule has 0 amide bonds. The first-order valence-corrected chi connectivity index (χ1v) is 6.83. The summed E-state index contributed by atoms with van der Waals surface area (Å²) in [6.07, 6.45) is 1.89. The standard InChI is InChI=1S/C15H11Cl2FN2/c16-10-1-3-12-9(7-19-14(12)5-10)8-20-15-6-11(17)2-4-13(15)18/h1-7,19-20H,8H2. The Hall–Kier alpha value is -1.71. The monoisotopic (exact) mass is 308 g/mol. The zero-order valence-electron chi connectivity index (χ0n) is 10.4. The fourth-order valence-electron chi connectivity index (χ4n) is 2.13. The number of rotatable bonds is 3. The van der Waals surface area contributed by atoms with Gasteiger partial charge in [-0.1, -0.05) is 29.3 Å². The first-order valence-electron chi connectivity index (χ1n) is 6.08. The lowest BCUT2D eigenvalue weighted by atomic mass is 10.1. The van der Waals surface area contributed by atoms with Gasteiger partial charge in [-0.05, 0) is 35.9 Å². The molecule has 0 saturated carbocycles. The van der Waals surface area contributed by atoms with E-state index >= 15 is 0 Å². The van der Waals surface area contributed by atoms with Crippen LogP contribution >= 0.6 is 23.2 Å². The summed E-state index contributed by atoms with van der Waals surface area (Å²) in [5, 5.41) is 5.29. The summed E-state index contributed by atoms with van der Waals surface area (Å²) in [6.45, 7) is 0.499. The molecule has 2 nitrogen and oxygen atoms in total. The summed E-state index contributed by atoms with van der Waals surface area (Å²) in [4.78, 5) is 3.15. The summed E-state index contributed by atoms with van der Waals surface area (Å²) in [5.74, 6) is -0.322. The molecule has 102 valence electrons. The lowest BCUT2D eigenvalue weighted by molar-refractivity contribution is 0.630. The third kappa shape index (κ3) is 2.60. The number of aromatic nitrogens is 1. The molecule has 0 aliphatic rings. The predicted molar refractivity (Wildman–Crippen MR) is 82.0 cm³/mol. The second-order valence-electron chi connectivity index (χ2n) is 4.48. The van der Waals surface area contributed by atoms with E-state index in [1.54, 1.807) is 6.07 Å². The smallest absolute Gasteiger partial charge is 0.146 e. The fourth-order valence-corrected chi connectivity index (χ4v) is 2.47. The summed E-state index contributed by atoms with van der Waals surface area (Å²) < 4.78 is 13.6. The SMILES string of the molecule is Fc1ccc(Cl)cc1NCc1c[nH]c2cc(Cl)ccc12. The number of hydrogen-bond acceptors (Lipinski definition) is 1. The summed E-state index contributed by atoms with van der Waals surface area (Å²) >= 11 is 11.8. The van der Waals surface area contributed by atoms with Crippen molar-refractivity contribution in [1.29, 1.82) is 0 Å². The van der Waals surface area contributed by atoms with Gasteiger partial charge >= 0.3 is 0 Å². The van der Waals surface area contributed by atoms with Crippen molar-refractivity contribution in [2.45, 2.75) is 6.54 Å². The molecule has 0 radical (unpaired) electrons. The number of aromatic amines is 1. The molecule has 0 bridgehead atoms. The van der Waals surface area contributed by atoms with Crippen LogP contribution in [0.4, 0.5) is 10.1 Å². The van der Waals surface area contributed by atoms with Gasteiger partial charge in [0.1, 0.15) is 5.82 Å². The lowest BCUT2D eigenvalue weighted by Gasteiger charge is -2.07. The van der Waals surface area contributed by atoms with Crippen molar-refractivity contribution in [2.24, 2.45) is 0 Å². The average molecular weight is 309 g/mol. The Kier molecular flexibility index (Phi) is 3.55. The van der Waals surface area contributed by atoms with Crippen LogP contribution in [0.5, 0.6) is 0 Å². The Morgan fingerprint density at radius 1 is 1.05 bits per heavy atom. The molecule has 3 rings (SSSR count). The molecule has 5 heteroatoms. The normalized spacial score (nSPS) is 10.9. The van der Waals surface area contributed by atoms with Crippen LogP contribution in [0.3, 0.4) is 0 Å². The van der Waals surface area contributed by atoms with Crippen LogP contribution in [-0.4, -0.2) is 4.98 Å². The maximum Gasteiger partial charge on any atom is 0.146 e. The summed E-state index contributed by atoms with van der Waals surface area (Å²) in [7, 11) is 0. The van der Waals surface area contributed by atoms with Crippen molar-refractivity contribution < 1.29 is 4.39 Å². The van der Waals surface area contributed by atoms with Crippen molar-refractivity contribution in [2.75, 3.05) is 5.32 Å². The van der Waals surface area contributed by atoms with E-state index in [9.17, 15) is 4.39 Å². The molecule has 1 aromatic heterocycles. The number of H-pyrrole nitrogens is 1. The molecule has 0 atom stereocenters. The number of benzene rings is 2. The van der Waals surface area contributed by atoms with Gasteiger partial charge in [-0.25, -0.2) is 4.39 Å². The number of hydrogen-bond donors (Lipinski definition) is 2. The Morgan fingerprint density at radius 3 is 2.65 bits per heavy atom. The second kappa shape index (κ2) is 5.35. The van der Waals surface area contributed by atoms with E-state index < -0.39 is 0 Å². The van der Waals surface area contributed by atoms with Crippen molar-refractivity contribution in [3.05, 3.63) is 64.0 Å². The molecule has 0 aliphatic carbocycles. The Balaban J connectivity index is 1.85. The zero-order chi connectivity index (χ0) is 14.1. The van der Waals surface area contributed by atoms with Crippen LogP contribution in [0.2, 0.25) is 10.0 Å². The molecule has 0 spiro atoms. The van der Waals surface area contributed by atoms with E-state index in [-0.39, 0.29) is 5.82 Å². The minimum absolute atomic E-state index is 0.322. The van der Waals surface area contributed by atoms with Gasteiger partial charge in [0, 0.05) is 33.7 Å². The van der Waals surface area contributed by atoms with Gasteiger partial charge in [-0.2, -0.15) is 0 Å². The minimum atomic E-state index is -0.322. The van der Waals surface area contributed by atoms with Crippen LogP contribution in [0.1, 0.15) is 5.56 Å². The van der Waals surface area contributed by atoms with Gasteiger partial charge in [0.05, 0.1) is 5.69 Å². The molecule has 0 fully saturated rings. The number of anilines is 1. The van der Waals surface area contributed by atoms with Gasteiger partial charge in [0.25, 0.3) is 0 Å². The van der Waals surface area contributed by atoms with Gasteiger partial charge in [-0.15, -0.1) is 0 Å². The molecule has 0 aliphatic heterocycles. The van der Waals surface area contributed by atoms with E-state index in [0.29, 0.717) is 22.3 Å². The molecule has 2 N–H and O–H groups in total. The average Bonchev–Trinajstić information content (AvgIpc) is 2.82. The molecule has 20 heavy (non-hydrogen) atoms. The first-order chi connectivity index (χ1) is 9.63. The maximum atomic E-state index is 13.6.